The molecule has 0 amide bonds. The largest absolute Gasteiger partial charge is 0.325 e. The normalized spacial score (nSPS) is 34.6. The van der Waals surface area contributed by atoms with Crippen LogP contribution in [0.3, 0.4) is 0 Å². The SMILES string of the molecule is NCc1cn(C2C[C@H]3CC[C@@H](C2)N3)nn1. The second-order valence-corrected chi connectivity index (χ2v) is 4.66. The molecule has 0 saturated carbocycles. The minimum absolute atomic E-state index is 0.484. The molecule has 2 aliphatic rings. The second-order valence-electron chi connectivity index (χ2n) is 4.66. The van der Waals surface area contributed by atoms with E-state index in [1.165, 1.54) is 25.7 Å². The van der Waals surface area contributed by atoms with Crippen molar-refractivity contribution in [2.24, 2.45) is 5.73 Å². The quantitative estimate of drug-likeness (QED) is 0.726. The van der Waals surface area contributed by atoms with Crippen LogP contribution in [0.4, 0.5) is 0 Å². The average molecular weight is 207 g/mol. The molecule has 2 fully saturated rings. The Morgan fingerprint density at radius 1 is 1.40 bits per heavy atom. The molecule has 3 atom stereocenters. The van der Waals surface area contributed by atoms with Gasteiger partial charge in [-0.25, -0.2) is 4.68 Å². The third-order valence-corrected chi connectivity index (χ3v) is 3.59. The summed E-state index contributed by atoms with van der Waals surface area (Å²) < 4.78 is 2.01. The number of aromatic nitrogens is 3. The van der Waals surface area contributed by atoms with Crippen LogP contribution in [0, 0.1) is 0 Å². The Hall–Kier alpha value is -0.940. The zero-order chi connectivity index (χ0) is 10.3. The summed E-state index contributed by atoms with van der Waals surface area (Å²) in [6.45, 7) is 0.484. The van der Waals surface area contributed by atoms with Crippen LogP contribution in [0.25, 0.3) is 0 Å². The standard InChI is InChI=1S/C10H17N5/c11-5-9-6-15(14-13-9)10-3-7-1-2-8(4-10)12-7/h6-8,10,12H,1-5,11H2/t7-,8+,10?. The van der Waals surface area contributed by atoms with Crippen molar-refractivity contribution in [1.82, 2.24) is 20.3 Å². The molecule has 1 unspecified atom stereocenters. The fourth-order valence-electron chi connectivity index (χ4n) is 2.83. The van der Waals surface area contributed by atoms with E-state index in [-0.39, 0.29) is 0 Å². The van der Waals surface area contributed by atoms with E-state index in [2.05, 4.69) is 15.6 Å². The van der Waals surface area contributed by atoms with Crippen molar-refractivity contribution in [1.29, 1.82) is 0 Å². The van der Waals surface area contributed by atoms with Crippen molar-refractivity contribution in [2.45, 2.75) is 50.4 Å². The van der Waals surface area contributed by atoms with Gasteiger partial charge in [-0.2, -0.15) is 0 Å². The summed E-state index contributed by atoms with van der Waals surface area (Å²) in [5.41, 5.74) is 6.42. The molecule has 0 spiro atoms. The molecule has 2 bridgehead atoms. The van der Waals surface area contributed by atoms with E-state index in [0.29, 0.717) is 24.7 Å². The second kappa shape index (κ2) is 3.57. The molecule has 15 heavy (non-hydrogen) atoms. The van der Waals surface area contributed by atoms with Gasteiger partial charge in [0.25, 0.3) is 0 Å². The van der Waals surface area contributed by atoms with Crippen LogP contribution >= 0.6 is 0 Å². The Kier molecular flexibility index (Phi) is 2.21. The number of fused-ring (bicyclic) bond motifs is 2. The van der Waals surface area contributed by atoms with Crippen LogP contribution < -0.4 is 11.1 Å². The monoisotopic (exact) mass is 207 g/mol. The molecule has 1 aromatic heterocycles. The molecule has 3 rings (SSSR count). The first kappa shape index (κ1) is 9.30. The maximum Gasteiger partial charge on any atom is 0.0962 e. The van der Waals surface area contributed by atoms with Crippen LogP contribution in [0.2, 0.25) is 0 Å². The summed E-state index contributed by atoms with van der Waals surface area (Å²) in [6, 6.07) is 1.91. The highest BCUT2D eigenvalue weighted by Crippen LogP contribution is 2.33. The van der Waals surface area contributed by atoms with Crippen LogP contribution in [0.1, 0.15) is 37.4 Å². The zero-order valence-corrected chi connectivity index (χ0v) is 8.76. The highest BCUT2D eigenvalue weighted by Gasteiger charge is 2.34. The maximum atomic E-state index is 5.53. The Morgan fingerprint density at radius 3 is 2.73 bits per heavy atom. The summed E-state index contributed by atoms with van der Waals surface area (Å²) in [4.78, 5) is 0. The van der Waals surface area contributed by atoms with E-state index in [1.807, 2.05) is 10.9 Å². The molecule has 5 heteroatoms. The van der Waals surface area contributed by atoms with E-state index < -0.39 is 0 Å². The third kappa shape index (κ3) is 1.66. The van der Waals surface area contributed by atoms with Gasteiger partial charge in [-0.3, -0.25) is 0 Å². The molecule has 82 valence electrons. The highest BCUT2D eigenvalue weighted by atomic mass is 15.4. The average Bonchev–Trinajstić information content (AvgIpc) is 2.85. The van der Waals surface area contributed by atoms with Gasteiger partial charge in [-0.1, -0.05) is 5.21 Å². The molecule has 3 N–H and O–H groups in total. The van der Waals surface area contributed by atoms with E-state index in [0.717, 1.165) is 5.69 Å². The molecular weight excluding hydrogens is 190 g/mol. The first-order valence-corrected chi connectivity index (χ1v) is 5.72. The molecule has 0 radical (unpaired) electrons. The first-order chi connectivity index (χ1) is 7.35. The number of piperidine rings is 1. The number of nitrogens with two attached hydrogens (primary N) is 1. The lowest BCUT2D eigenvalue weighted by Crippen LogP contribution is -2.39. The number of rotatable bonds is 2. The Morgan fingerprint density at radius 2 is 2.13 bits per heavy atom. The van der Waals surface area contributed by atoms with Crippen LogP contribution in [0.5, 0.6) is 0 Å². The van der Waals surface area contributed by atoms with Gasteiger partial charge in [-0.15, -0.1) is 5.10 Å². The van der Waals surface area contributed by atoms with Crippen LogP contribution in [-0.2, 0) is 6.54 Å². The Bertz CT molecular complexity index is 335. The first-order valence-electron chi connectivity index (χ1n) is 5.72. The Balaban J connectivity index is 1.77. The lowest BCUT2D eigenvalue weighted by Gasteiger charge is -2.28. The lowest BCUT2D eigenvalue weighted by atomic mass is 10.0. The van der Waals surface area contributed by atoms with Crippen molar-refractivity contribution in [3.05, 3.63) is 11.9 Å². The predicted molar refractivity (Wildman–Crippen MR) is 56.1 cm³/mol. The van der Waals surface area contributed by atoms with Gasteiger partial charge in [0.15, 0.2) is 0 Å². The molecule has 5 nitrogen and oxygen atoms in total. The third-order valence-electron chi connectivity index (χ3n) is 3.59. The van der Waals surface area contributed by atoms with Crippen LogP contribution in [0.15, 0.2) is 6.20 Å². The van der Waals surface area contributed by atoms with E-state index in [9.17, 15) is 0 Å². The van der Waals surface area contributed by atoms with Gasteiger partial charge < -0.3 is 11.1 Å². The lowest BCUT2D eigenvalue weighted by molar-refractivity contribution is 0.278. The summed E-state index contributed by atoms with van der Waals surface area (Å²) in [5.74, 6) is 0. The minimum atomic E-state index is 0.484. The van der Waals surface area contributed by atoms with Crippen molar-refractivity contribution in [3.63, 3.8) is 0 Å². The van der Waals surface area contributed by atoms with Gasteiger partial charge in [-0.05, 0) is 25.7 Å². The fourth-order valence-corrected chi connectivity index (χ4v) is 2.83. The maximum absolute atomic E-state index is 5.53. The zero-order valence-electron chi connectivity index (χ0n) is 8.76. The number of hydrogen-bond donors (Lipinski definition) is 2. The summed E-state index contributed by atoms with van der Waals surface area (Å²) in [7, 11) is 0. The van der Waals surface area contributed by atoms with E-state index >= 15 is 0 Å². The van der Waals surface area contributed by atoms with Crippen molar-refractivity contribution < 1.29 is 0 Å². The van der Waals surface area contributed by atoms with Gasteiger partial charge in [0.05, 0.1) is 17.9 Å². The molecule has 2 saturated heterocycles. The molecule has 2 aliphatic heterocycles. The molecule has 1 aromatic rings. The van der Waals surface area contributed by atoms with Crippen LogP contribution in [-0.4, -0.2) is 27.1 Å². The molecule has 0 aromatic carbocycles. The predicted octanol–water partition coefficient (Wildman–Crippen LogP) is 0.192. The molecule has 0 aliphatic carbocycles. The van der Waals surface area contributed by atoms with Crippen molar-refractivity contribution in [2.75, 3.05) is 0 Å². The number of nitrogens with zero attached hydrogens (tertiary/aromatic N) is 3. The molecular formula is C10H17N5. The van der Waals surface area contributed by atoms with Gasteiger partial charge in [0.2, 0.25) is 0 Å². The minimum Gasteiger partial charge on any atom is -0.325 e. The van der Waals surface area contributed by atoms with Gasteiger partial charge in [0, 0.05) is 18.6 Å². The van der Waals surface area contributed by atoms with E-state index in [1.54, 1.807) is 0 Å². The van der Waals surface area contributed by atoms with E-state index in [4.69, 9.17) is 5.73 Å². The van der Waals surface area contributed by atoms with Gasteiger partial charge in [0.1, 0.15) is 0 Å². The summed E-state index contributed by atoms with van der Waals surface area (Å²) >= 11 is 0. The highest BCUT2D eigenvalue weighted by molar-refractivity contribution is 4.97. The Labute approximate surface area is 89.0 Å². The number of nitrogens with one attached hydrogen (secondary N) is 1. The topological polar surface area (TPSA) is 68.8 Å². The molecule has 3 heterocycles. The van der Waals surface area contributed by atoms with Crippen molar-refractivity contribution >= 4 is 0 Å². The van der Waals surface area contributed by atoms with Crippen molar-refractivity contribution in [3.8, 4) is 0 Å². The van der Waals surface area contributed by atoms with Gasteiger partial charge >= 0.3 is 0 Å². The summed E-state index contributed by atoms with van der Waals surface area (Å²) in [5, 5.41) is 11.8. The smallest absolute Gasteiger partial charge is 0.0962 e. The fraction of sp³-hybridized carbons (Fsp3) is 0.800. The number of hydrogen-bond acceptors (Lipinski definition) is 4. The summed E-state index contributed by atoms with van der Waals surface area (Å²) in [6.07, 6.45) is 7.00.